The first-order valence-corrected chi connectivity index (χ1v) is 11.4. The molecule has 10 nitrogen and oxygen atoms in total. The van der Waals surface area contributed by atoms with Gasteiger partial charge in [-0.15, -0.1) is 0 Å². The van der Waals surface area contributed by atoms with Gasteiger partial charge in [0.2, 0.25) is 5.91 Å². The largest absolute Gasteiger partial charge is 0.452 e. The van der Waals surface area contributed by atoms with E-state index in [2.05, 4.69) is 26.3 Å². The van der Waals surface area contributed by atoms with E-state index in [4.69, 9.17) is 10.2 Å². The van der Waals surface area contributed by atoms with Crippen LogP contribution in [0.4, 0.5) is 5.82 Å². The van der Waals surface area contributed by atoms with Gasteiger partial charge in [-0.1, -0.05) is 0 Å². The van der Waals surface area contributed by atoms with Crippen molar-refractivity contribution in [1.82, 2.24) is 29.9 Å². The number of nitrogens with two attached hydrogens (primary N) is 1. The van der Waals surface area contributed by atoms with Crippen LogP contribution in [0.25, 0.3) is 44.3 Å². The maximum absolute atomic E-state index is 11.6. The van der Waals surface area contributed by atoms with Crippen LogP contribution in [0.5, 0.6) is 0 Å². The zero-order valence-corrected chi connectivity index (χ0v) is 19.0. The fraction of sp³-hybridized carbons (Fsp3) is 0.240. The van der Waals surface area contributed by atoms with E-state index in [1.807, 2.05) is 46.2 Å². The normalized spacial score (nSPS) is 14.6. The maximum Gasteiger partial charge on any atom is 0.219 e. The van der Waals surface area contributed by atoms with Crippen LogP contribution in [0, 0.1) is 11.3 Å². The molecule has 0 spiro atoms. The summed E-state index contributed by atoms with van der Waals surface area (Å²) in [6, 6.07) is 9.95. The number of aromatic nitrogens is 5. The molecule has 1 amide bonds. The number of piperidine rings is 1. The van der Waals surface area contributed by atoms with Gasteiger partial charge in [-0.2, -0.15) is 15.5 Å². The van der Waals surface area contributed by atoms with Crippen LogP contribution in [-0.2, 0) is 4.79 Å². The number of nitrogens with zero attached hydrogens (tertiary/aromatic N) is 6. The van der Waals surface area contributed by atoms with Gasteiger partial charge in [0.05, 0.1) is 17.8 Å². The highest BCUT2D eigenvalue weighted by Gasteiger charge is 2.23. The zero-order chi connectivity index (χ0) is 24.1. The topological polar surface area (TPSA) is 143 Å². The highest BCUT2D eigenvalue weighted by Crippen LogP contribution is 2.37. The number of likely N-dealkylation sites (tertiary alicyclic amines) is 1. The zero-order valence-electron chi connectivity index (χ0n) is 19.0. The van der Waals surface area contributed by atoms with Crippen molar-refractivity contribution in [2.75, 3.05) is 18.8 Å². The lowest BCUT2D eigenvalue weighted by atomic mass is 10.0. The summed E-state index contributed by atoms with van der Waals surface area (Å²) in [6.45, 7) is 3.09. The number of anilines is 1. The summed E-state index contributed by atoms with van der Waals surface area (Å²) in [5, 5.41) is 22.4. The molecule has 1 saturated heterocycles. The van der Waals surface area contributed by atoms with Crippen LogP contribution in [0.3, 0.4) is 0 Å². The number of nitriles is 1. The Morgan fingerprint density at radius 1 is 1.20 bits per heavy atom. The molecule has 174 valence electrons. The minimum Gasteiger partial charge on any atom is -0.452 e. The maximum atomic E-state index is 11.6. The van der Waals surface area contributed by atoms with Crippen LogP contribution in [0.2, 0.25) is 0 Å². The Morgan fingerprint density at radius 2 is 2.03 bits per heavy atom. The highest BCUT2D eigenvalue weighted by atomic mass is 16.3. The van der Waals surface area contributed by atoms with E-state index in [0.29, 0.717) is 22.9 Å². The molecule has 1 aliphatic rings. The third-order valence-electron chi connectivity index (χ3n) is 6.74. The van der Waals surface area contributed by atoms with E-state index >= 15 is 0 Å². The Balaban J connectivity index is 1.36. The molecule has 3 N–H and O–H groups in total. The van der Waals surface area contributed by atoms with Crippen molar-refractivity contribution in [1.29, 1.82) is 5.26 Å². The predicted molar refractivity (Wildman–Crippen MR) is 130 cm³/mol. The van der Waals surface area contributed by atoms with Gasteiger partial charge in [0.25, 0.3) is 0 Å². The SMILES string of the molecule is CC(=O)N1CCC(n2cc(-c3cnc(N)c4oc(-c5ccc6[nH]nc(C#N)c6c5)cc34)cn2)CC1. The molecule has 10 heteroatoms. The van der Waals surface area contributed by atoms with E-state index < -0.39 is 0 Å². The number of carbonyl (C=O) groups excluding carboxylic acids is 1. The number of hydrogen-bond donors (Lipinski definition) is 2. The van der Waals surface area contributed by atoms with Crippen molar-refractivity contribution in [2.45, 2.75) is 25.8 Å². The first-order chi connectivity index (χ1) is 17.0. The summed E-state index contributed by atoms with van der Waals surface area (Å²) in [4.78, 5) is 17.9. The van der Waals surface area contributed by atoms with Gasteiger partial charge >= 0.3 is 0 Å². The lowest BCUT2D eigenvalue weighted by Gasteiger charge is -2.31. The molecule has 0 unspecified atom stereocenters. The number of furan rings is 1. The predicted octanol–water partition coefficient (Wildman–Crippen LogP) is 3.87. The minimum absolute atomic E-state index is 0.117. The smallest absolute Gasteiger partial charge is 0.219 e. The summed E-state index contributed by atoms with van der Waals surface area (Å²) in [6.07, 6.45) is 7.32. The van der Waals surface area contributed by atoms with Gasteiger partial charge in [0.15, 0.2) is 17.1 Å². The highest BCUT2D eigenvalue weighted by molar-refractivity contribution is 6.00. The van der Waals surface area contributed by atoms with Crippen molar-refractivity contribution < 1.29 is 9.21 Å². The van der Waals surface area contributed by atoms with Crippen molar-refractivity contribution >= 4 is 33.6 Å². The van der Waals surface area contributed by atoms with E-state index in [0.717, 1.165) is 58.9 Å². The number of H-pyrrole nitrogens is 1. The molecule has 6 rings (SSSR count). The number of rotatable bonds is 3. The number of nitrogen functional groups attached to an aromatic ring is 1. The van der Waals surface area contributed by atoms with Crippen LogP contribution in [0.15, 0.2) is 47.3 Å². The summed E-state index contributed by atoms with van der Waals surface area (Å²) >= 11 is 0. The summed E-state index contributed by atoms with van der Waals surface area (Å²) in [5.74, 6) is 1.05. The quantitative estimate of drug-likeness (QED) is 0.411. The van der Waals surface area contributed by atoms with Crippen LogP contribution >= 0.6 is 0 Å². The molecule has 5 heterocycles. The molecular weight excluding hydrogens is 444 g/mol. The van der Waals surface area contributed by atoms with E-state index in [1.165, 1.54) is 0 Å². The van der Waals surface area contributed by atoms with Gasteiger partial charge in [-0.25, -0.2) is 4.98 Å². The Labute approximate surface area is 199 Å². The number of benzene rings is 1. The van der Waals surface area contributed by atoms with Gasteiger partial charge in [-0.05, 0) is 37.1 Å². The minimum atomic E-state index is 0.117. The molecule has 0 bridgehead atoms. The molecule has 1 aromatic carbocycles. The average molecular weight is 467 g/mol. The number of carbonyl (C=O) groups is 1. The van der Waals surface area contributed by atoms with Crippen molar-refractivity contribution in [3.8, 4) is 28.5 Å². The molecule has 35 heavy (non-hydrogen) atoms. The molecule has 5 aromatic rings. The number of nitrogens with one attached hydrogen (secondary N) is 1. The Hall–Kier alpha value is -4.65. The van der Waals surface area contributed by atoms with Crippen molar-refractivity contribution in [3.05, 3.63) is 48.5 Å². The van der Waals surface area contributed by atoms with Crippen LogP contribution in [-0.4, -0.2) is 48.9 Å². The van der Waals surface area contributed by atoms with Gasteiger partial charge in [-0.3, -0.25) is 14.6 Å². The molecule has 4 aromatic heterocycles. The number of aromatic amines is 1. The Morgan fingerprint density at radius 3 is 2.80 bits per heavy atom. The van der Waals surface area contributed by atoms with E-state index in [9.17, 15) is 10.1 Å². The van der Waals surface area contributed by atoms with E-state index in [-0.39, 0.29) is 11.9 Å². The molecule has 0 radical (unpaired) electrons. The number of hydrogen-bond acceptors (Lipinski definition) is 7. The van der Waals surface area contributed by atoms with Gasteiger partial charge in [0.1, 0.15) is 11.8 Å². The fourth-order valence-corrected chi connectivity index (χ4v) is 4.79. The Kier molecular flexibility index (Phi) is 4.77. The number of fused-ring (bicyclic) bond motifs is 2. The van der Waals surface area contributed by atoms with Gasteiger partial charge in [0, 0.05) is 59.9 Å². The molecule has 0 saturated carbocycles. The standard InChI is InChI=1S/C25H22N8O2/c1-14(34)32-6-4-17(5-7-32)33-13-16(11-29-33)20-12-28-25(27)24-18(20)9-23(35-24)15-2-3-21-19(8-15)22(10-26)31-30-21/h2-3,8-9,11-13,17H,4-7H2,1H3,(H2,27,28)(H,30,31). The third kappa shape index (κ3) is 3.49. The van der Waals surface area contributed by atoms with Crippen molar-refractivity contribution in [2.24, 2.45) is 0 Å². The Bertz CT molecular complexity index is 1630. The monoisotopic (exact) mass is 466 g/mol. The fourth-order valence-electron chi connectivity index (χ4n) is 4.79. The lowest BCUT2D eigenvalue weighted by Crippen LogP contribution is -2.37. The summed E-state index contributed by atoms with van der Waals surface area (Å²) < 4.78 is 8.12. The first-order valence-electron chi connectivity index (χ1n) is 11.4. The van der Waals surface area contributed by atoms with Gasteiger partial charge < -0.3 is 15.1 Å². The summed E-state index contributed by atoms with van der Waals surface area (Å²) in [7, 11) is 0. The first kappa shape index (κ1) is 20.9. The average Bonchev–Trinajstić information content (AvgIpc) is 3.62. The molecule has 1 aliphatic heterocycles. The second-order valence-electron chi connectivity index (χ2n) is 8.80. The molecule has 1 fully saturated rings. The van der Waals surface area contributed by atoms with E-state index in [1.54, 1.807) is 13.1 Å². The van der Waals surface area contributed by atoms with Crippen molar-refractivity contribution in [3.63, 3.8) is 0 Å². The second kappa shape index (κ2) is 7.99. The lowest BCUT2D eigenvalue weighted by molar-refractivity contribution is -0.130. The number of pyridine rings is 1. The second-order valence-corrected chi connectivity index (χ2v) is 8.80. The summed E-state index contributed by atoms with van der Waals surface area (Å²) in [5.41, 5.74) is 10.4. The molecular formula is C25H22N8O2. The number of amides is 1. The molecule has 0 aliphatic carbocycles. The van der Waals surface area contributed by atoms with Crippen LogP contribution in [0.1, 0.15) is 31.5 Å². The van der Waals surface area contributed by atoms with Crippen LogP contribution < -0.4 is 5.73 Å². The third-order valence-corrected chi connectivity index (χ3v) is 6.74. The molecule has 0 atom stereocenters.